The fourth-order valence-corrected chi connectivity index (χ4v) is 1.26. The summed E-state index contributed by atoms with van der Waals surface area (Å²) in [6.07, 6.45) is 0.483. The molecule has 1 atom stereocenters. The molecule has 0 heterocycles. The molecule has 0 spiro atoms. The Balaban J connectivity index is 2.62. The number of hydrogen-bond donors (Lipinski definition) is 2. The van der Waals surface area contributed by atoms with Crippen LogP contribution in [0.25, 0.3) is 0 Å². The van der Waals surface area contributed by atoms with Gasteiger partial charge in [0.2, 0.25) is 0 Å². The van der Waals surface area contributed by atoms with Crippen LogP contribution in [0.5, 0.6) is 11.5 Å². The van der Waals surface area contributed by atoms with E-state index in [1.807, 2.05) is 6.92 Å². The van der Waals surface area contributed by atoms with E-state index in [1.165, 1.54) is 0 Å². The van der Waals surface area contributed by atoms with E-state index < -0.39 is 13.6 Å². The van der Waals surface area contributed by atoms with Gasteiger partial charge in [0.25, 0.3) is 0 Å². The van der Waals surface area contributed by atoms with Crippen LogP contribution in [0.15, 0.2) is 24.3 Å². The molecule has 0 saturated carbocycles. The van der Waals surface area contributed by atoms with Gasteiger partial charge in [-0.3, -0.25) is 0 Å². The number of rotatable bonds is 7. The largest absolute Gasteiger partial charge is 0.707 e. The summed E-state index contributed by atoms with van der Waals surface area (Å²) in [6.45, 7) is 4.38. The Morgan fingerprint density at radius 2 is 1.88 bits per heavy atom. The fraction of sp³-hybridized carbons (Fsp3) is 0.455. The number of benzene rings is 1. The first-order chi connectivity index (χ1) is 8.13. The van der Waals surface area contributed by atoms with E-state index >= 15 is 0 Å². The van der Waals surface area contributed by atoms with Gasteiger partial charge in [0.15, 0.2) is 12.0 Å². The van der Waals surface area contributed by atoms with Gasteiger partial charge in [-0.1, -0.05) is 19.1 Å². The fourth-order valence-electron chi connectivity index (χ4n) is 1.26. The summed E-state index contributed by atoms with van der Waals surface area (Å²) >= 11 is 0. The van der Waals surface area contributed by atoms with E-state index in [9.17, 15) is 0 Å². The van der Waals surface area contributed by atoms with Crippen molar-refractivity contribution in [1.82, 2.24) is 0 Å². The lowest BCUT2D eigenvalue weighted by atomic mass is 10.2. The predicted octanol–water partition coefficient (Wildman–Crippen LogP) is 1.19. The van der Waals surface area contributed by atoms with E-state index in [0.717, 1.165) is 6.42 Å². The van der Waals surface area contributed by atoms with Crippen LogP contribution in [-0.4, -0.2) is 30.3 Å². The lowest BCUT2D eigenvalue weighted by molar-refractivity contribution is -0.0671. The van der Waals surface area contributed by atoms with Gasteiger partial charge in [-0.15, -0.1) is 0 Å². The quantitative estimate of drug-likeness (QED) is 0.553. The maximum absolute atomic E-state index is 8.75. The van der Waals surface area contributed by atoms with Gasteiger partial charge in [0.05, 0.1) is 6.61 Å². The van der Waals surface area contributed by atoms with Crippen molar-refractivity contribution in [2.45, 2.75) is 26.6 Å². The van der Waals surface area contributed by atoms with Gasteiger partial charge in [0, 0.05) is 0 Å². The highest BCUT2D eigenvalue weighted by Crippen LogP contribution is 2.27. The number of ether oxygens (including phenoxy) is 2. The Morgan fingerprint density at radius 3 is 2.47 bits per heavy atom. The standard InChI is InChI=1S/C11H17BO5/c1-3-8-15-9(2)16-10-6-4-5-7-11(10)17-12(13)14/h4-7,9,13-14H,3,8H2,1-2H3. The van der Waals surface area contributed by atoms with Crippen LogP contribution in [-0.2, 0) is 4.74 Å². The van der Waals surface area contributed by atoms with Gasteiger partial charge in [-0.25, -0.2) is 0 Å². The van der Waals surface area contributed by atoms with Crippen LogP contribution in [0.3, 0.4) is 0 Å². The summed E-state index contributed by atoms with van der Waals surface area (Å²) in [5.74, 6) is 0.665. The summed E-state index contributed by atoms with van der Waals surface area (Å²) in [4.78, 5) is 0. The minimum absolute atomic E-state index is 0.259. The molecule has 0 saturated heterocycles. The van der Waals surface area contributed by atoms with Crippen molar-refractivity contribution < 1.29 is 24.2 Å². The molecule has 2 N–H and O–H groups in total. The van der Waals surface area contributed by atoms with Gasteiger partial charge >= 0.3 is 7.32 Å². The molecule has 1 unspecified atom stereocenters. The molecular formula is C11H17BO5. The third kappa shape index (κ3) is 5.08. The molecule has 5 nitrogen and oxygen atoms in total. The lowest BCUT2D eigenvalue weighted by Gasteiger charge is -2.17. The Labute approximate surface area is 101 Å². The maximum Gasteiger partial charge on any atom is 0.707 e. The van der Waals surface area contributed by atoms with Gasteiger partial charge in [0.1, 0.15) is 5.75 Å². The molecule has 0 aliphatic carbocycles. The van der Waals surface area contributed by atoms with Crippen LogP contribution in [0.2, 0.25) is 0 Å². The zero-order valence-electron chi connectivity index (χ0n) is 10.00. The topological polar surface area (TPSA) is 68.2 Å². The maximum atomic E-state index is 8.75. The Hall–Kier alpha value is -1.24. The molecule has 0 bridgehead atoms. The monoisotopic (exact) mass is 240 g/mol. The molecule has 94 valence electrons. The van der Waals surface area contributed by atoms with Crippen molar-refractivity contribution in [3.63, 3.8) is 0 Å². The highest BCUT2D eigenvalue weighted by atomic mass is 16.7. The predicted molar refractivity (Wildman–Crippen MR) is 63.6 cm³/mol. The average Bonchev–Trinajstić information content (AvgIpc) is 2.28. The van der Waals surface area contributed by atoms with Crippen molar-refractivity contribution in [3.8, 4) is 11.5 Å². The summed E-state index contributed by atoms with van der Waals surface area (Å²) in [6, 6.07) is 6.73. The van der Waals surface area contributed by atoms with E-state index in [4.69, 9.17) is 24.2 Å². The van der Waals surface area contributed by atoms with Crippen molar-refractivity contribution in [1.29, 1.82) is 0 Å². The zero-order valence-corrected chi connectivity index (χ0v) is 10.00. The minimum atomic E-state index is -1.87. The van der Waals surface area contributed by atoms with Crippen molar-refractivity contribution in [2.75, 3.05) is 6.61 Å². The van der Waals surface area contributed by atoms with E-state index in [1.54, 1.807) is 31.2 Å². The van der Waals surface area contributed by atoms with Crippen LogP contribution in [0, 0.1) is 0 Å². The first-order valence-electron chi connectivity index (χ1n) is 5.53. The Morgan fingerprint density at radius 1 is 1.24 bits per heavy atom. The molecule has 1 aromatic rings. The van der Waals surface area contributed by atoms with Crippen LogP contribution >= 0.6 is 0 Å². The van der Waals surface area contributed by atoms with Gasteiger partial charge in [-0.05, 0) is 25.5 Å². The highest BCUT2D eigenvalue weighted by molar-refractivity contribution is 6.33. The van der Waals surface area contributed by atoms with E-state index in [2.05, 4.69) is 0 Å². The second kappa shape index (κ2) is 7.16. The molecule has 1 aromatic carbocycles. The molecule has 0 amide bonds. The smallest absolute Gasteiger partial charge is 0.509 e. The molecule has 0 aliphatic rings. The van der Waals surface area contributed by atoms with Crippen molar-refractivity contribution in [3.05, 3.63) is 24.3 Å². The summed E-state index contributed by atoms with van der Waals surface area (Å²) in [7, 11) is -1.87. The average molecular weight is 240 g/mol. The molecule has 0 aliphatic heterocycles. The normalized spacial score (nSPS) is 12.0. The first-order valence-corrected chi connectivity index (χ1v) is 5.53. The molecule has 6 heteroatoms. The number of para-hydroxylation sites is 2. The van der Waals surface area contributed by atoms with Crippen LogP contribution in [0.1, 0.15) is 20.3 Å². The van der Waals surface area contributed by atoms with Crippen molar-refractivity contribution >= 4 is 7.32 Å². The second-order valence-corrected chi connectivity index (χ2v) is 3.45. The molecule has 0 aromatic heterocycles. The lowest BCUT2D eigenvalue weighted by Crippen LogP contribution is -2.22. The summed E-state index contributed by atoms with van der Waals surface area (Å²) in [5.41, 5.74) is 0. The van der Waals surface area contributed by atoms with E-state index in [-0.39, 0.29) is 5.75 Å². The molecule has 0 fully saturated rings. The van der Waals surface area contributed by atoms with Crippen LogP contribution in [0.4, 0.5) is 0 Å². The number of hydrogen-bond acceptors (Lipinski definition) is 5. The van der Waals surface area contributed by atoms with Gasteiger partial charge in [-0.2, -0.15) is 0 Å². The minimum Gasteiger partial charge on any atom is -0.509 e. The van der Waals surface area contributed by atoms with Gasteiger partial charge < -0.3 is 24.2 Å². The SMILES string of the molecule is CCCOC(C)Oc1ccccc1OB(O)O. The van der Waals surface area contributed by atoms with Crippen LogP contribution < -0.4 is 9.39 Å². The Kier molecular flexibility index (Phi) is 5.83. The van der Waals surface area contributed by atoms with Crippen molar-refractivity contribution in [2.24, 2.45) is 0 Å². The third-order valence-electron chi connectivity index (χ3n) is 1.93. The molecule has 17 heavy (non-hydrogen) atoms. The van der Waals surface area contributed by atoms with E-state index in [0.29, 0.717) is 12.4 Å². The second-order valence-electron chi connectivity index (χ2n) is 3.45. The molecular weight excluding hydrogens is 223 g/mol. The highest BCUT2D eigenvalue weighted by Gasteiger charge is 2.16. The first kappa shape index (κ1) is 13.8. The Bertz CT molecular complexity index is 331. The summed E-state index contributed by atoms with van der Waals surface area (Å²) < 4.78 is 15.6. The summed E-state index contributed by atoms with van der Waals surface area (Å²) in [5, 5.41) is 17.5. The third-order valence-corrected chi connectivity index (χ3v) is 1.93. The molecule has 0 radical (unpaired) electrons. The molecule has 1 rings (SSSR count). The zero-order chi connectivity index (χ0) is 12.7.